The summed E-state index contributed by atoms with van der Waals surface area (Å²) in [6.07, 6.45) is 0.814. The summed E-state index contributed by atoms with van der Waals surface area (Å²) in [5.74, 6) is -0.230. The normalized spacial score (nSPS) is 11.1. The van der Waals surface area contributed by atoms with Crippen LogP contribution in [0.4, 0.5) is 5.69 Å². The smallest absolute Gasteiger partial charge is 0.238 e. The summed E-state index contributed by atoms with van der Waals surface area (Å²) in [6.45, 7) is 3.70. The van der Waals surface area contributed by atoms with E-state index >= 15 is 0 Å². The average Bonchev–Trinajstić information content (AvgIpc) is 2.61. The highest BCUT2D eigenvalue weighted by Gasteiger charge is 2.14. The van der Waals surface area contributed by atoms with Crippen molar-refractivity contribution in [2.45, 2.75) is 18.2 Å². The molecule has 5 N–H and O–H groups in total. The Kier molecular flexibility index (Phi) is 9.57. The van der Waals surface area contributed by atoms with Gasteiger partial charge in [0.1, 0.15) is 0 Å². The molecule has 28 heavy (non-hydrogen) atoms. The molecule has 7 nitrogen and oxygen atoms in total. The molecule has 0 radical (unpaired) electrons. The van der Waals surface area contributed by atoms with Gasteiger partial charge in [0.05, 0.1) is 11.4 Å². The highest BCUT2D eigenvalue weighted by Crippen LogP contribution is 2.19. The third-order valence-electron chi connectivity index (χ3n) is 4.18. The number of carbonyl (C=O) groups excluding carboxylic acids is 1. The molecule has 154 valence electrons. The Morgan fingerprint density at radius 3 is 2.39 bits per heavy atom. The molecule has 2 rings (SSSR count). The van der Waals surface area contributed by atoms with E-state index in [2.05, 4.69) is 5.32 Å². The van der Waals surface area contributed by atoms with Crippen LogP contribution in [0.3, 0.4) is 0 Å². The standard InChI is InChI=1S/C19H26N4O3S.ClH/c1-15-7-8-17(27(21,25)26)13-18(15)22-19(24)14-23(12-10-20)11-9-16-5-3-2-4-6-16;/h2-8,13H,9-12,14,20H2,1H3,(H,22,24)(H2,21,25,26);1H. The quantitative estimate of drug-likeness (QED) is 0.561. The molecule has 0 atom stereocenters. The van der Waals surface area contributed by atoms with Crippen molar-refractivity contribution in [2.24, 2.45) is 10.9 Å². The fourth-order valence-electron chi connectivity index (χ4n) is 2.69. The molecule has 0 aliphatic heterocycles. The van der Waals surface area contributed by atoms with Crippen LogP contribution in [0.1, 0.15) is 11.1 Å². The number of anilines is 1. The molecular formula is C19H27ClN4O3S. The predicted octanol–water partition coefficient (Wildman–Crippen LogP) is 1.51. The Bertz CT molecular complexity index is 876. The van der Waals surface area contributed by atoms with Gasteiger partial charge in [0.15, 0.2) is 0 Å². The van der Waals surface area contributed by atoms with E-state index in [1.807, 2.05) is 35.2 Å². The van der Waals surface area contributed by atoms with Gasteiger partial charge in [-0.3, -0.25) is 9.69 Å². The van der Waals surface area contributed by atoms with Crippen molar-refractivity contribution in [1.29, 1.82) is 0 Å². The van der Waals surface area contributed by atoms with E-state index in [9.17, 15) is 13.2 Å². The van der Waals surface area contributed by atoms with Gasteiger partial charge >= 0.3 is 0 Å². The van der Waals surface area contributed by atoms with E-state index in [1.165, 1.54) is 17.7 Å². The number of hydrogen-bond acceptors (Lipinski definition) is 5. The lowest BCUT2D eigenvalue weighted by molar-refractivity contribution is -0.117. The Balaban J connectivity index is 0.00000392. The van der Waals surface area contributed by atoms with Gasteiger partial charge in [0, 0.05) is 25.3 Å². The van der Waals surface area contributed by atoms with Gasteiger partial charge < -0.3 is 11.1 Å². The number of rotatable bonds is 9. The fraction of sp³-hybridized carbons (Fsp3) is 0.316. The number of benzene rings is 2. The first-order valence-corrected chi connectivity index (χ1v) is 10.2. The van der Waals surface area contributed by atoms with E-state index in [0.717, 1.165) is 12.0 Å². The number of halogens is 1. The lowest BCUT2D eigenvalue weighted by Crippen LogP contribution is -2.38. The van der Waals surface area contributed by atoms with E-state index in [-0.39, 0.29) is 29.8 Å². The van der Waals surface area contributed by atoms with Crippen molar-refractivity contribution < 1.29 is 13.2 Å². The van der Waals surface area contributed by atoms with Gasteiger partial charge in [0.2, 0.25) is 15.9 Å². The predicted molar refractivity (Wildman–Crippen MR) is 114 cm³/mol. The van der Waals surface area contributed by atoms with Gasteiger partial charge in [-0.1, -0.05) is 36.4 Å². The van der Waals surface area contributed by atoms with Crippen LogP contribution < -0.4 is 16.2 Å². The van der Waals surface area contributed by atoms with E-state index in [0.29, 0.717) is 25.3 Å². The van der Waals surface area contributed by atoms with Crippen molar-refractivity contribution in [3.05, 3.63) is 59.7 Å². The minimum absolute atomic E-state index is 0. The number of primary sulfonamides is 1. The molecule has 0 aromatic heterocycles. The van der Waals surface area contributed by atoms with Crippen molar-refractivity contribution >= 4 is 34.0 Å². The molecule has 2 aromatic rings. The third kappa shape index (κ3) is 7.57. The second-order valence-corrected chi connectivity index (χ2v) is 7.93. The molecule has 0 bridgehead atoms. The number of carbonyl (C=O) groups is 1. The summed E-state index contributed by atoms with van der Waals surface area (Å²) in [5, 5.41) is 7.93. The molecule has 0 unspecified atom stereocenters. The first kappa shape index (κ1) is 24.1. The van der Waals surface area contributed by atoms with Crippen LogP contribution >= 0.6 is 12.4 Å². The summed E-state index contributed by atoms with van der Waals surface area (Å²) < 4.78 is 23.0. The number of sulfonamides is 1. The maximum Gasteiger partial charge on any atom is 0.238 e. The minimum Gasteiger partial charge on any atom is -0.329 e. The minimum atomic E-state index is -3.83. The summed E-state index contributed by atoms with van der Waals surface area (Å²) in [4.78, 5) is 14.4. The van der Waals surface area contributed by atoms with Crippen molar-refractivity contribution in [3.8, 4) is 0 Å². The van der Waals surface area contributed by atoms with E-state index in [1.54, 1.807) is 13.0 Å². The summed E-state index contributed by atoms with van der Waals surface area (Å²) in [7, 11) is -3.83. The van der Waals surface area contributed by atoms with Crippen molar-refractivity contribution in [2.75, 3.05) is 31.5 Å². The van der Waals surface area contributed by atoms with Gasteiger partial charge in [-0.15, -0.1) is 12.4 Å². The van der Waals surface area contributed by atoms with Crippen LogP contribution in [0, 0.1) is 6.92 Å². The van der Waals surface area contributed by atoms with Crippen LogP contribution in [-0.4, -0.2) is 45.4 Å². The first-order valence-electron chi connectivity index (χ1n) is 8.69. The second-order valence-electron chi connectivity index (χ2n) is 6.37. The van der Waals surface area contributed by atoms with Crippen LogP contribution in [0.25, 0.3) is 0 Å². The van der Waals surface area contributed by atoms with Gasteiger partial charge in [0.25, 0.3) is 0 Å². The molecule has 0 fully saturated rings. The maximum absolute atomic E-state index is 12.4. The Labute approximate surface area is 172 Å². The van der Waals surface area contributed by atoms with Gasteiger partial charge in [-0.2, -0.15) is 0 Å². The summed E-state index contributed by atoms with van der Waals surface area (Å²) in [5.41, 5.74) is 8.04. The number of amides is 1. The van der Waals surface area contributed by atoms with Gasteiger partial charge in [-0.05, 0) is 36.6 Å². The maximum atomic E-state index is 12.4. The monoisotopic (exact) mass is 426 g/mol. The number of nitrogens with zero attached hydrogens (tertiary/aromatic N) is 1. The zero-order chi connectivity index (χ0) is 19.9. The SMILES string of the molecule is Cc1ccc(S(N)(=O)=O)cc1NC(=O)CN(CCN)CCc1ccccc1.Cl. The molecular weight excluding hydrogens is 400 g/mol. The van der Waals surface area contributed by atoms with E-state index in [4.69, 9.17) is 10.9 Å². The Morgan fingerprint density at radius 1 is 1.11 bits per heavy atom. The molecule has 0 saturated heterocycles. The van der Waals surface area contributed by atoms with Crippen LogP contribution in [0.5, 0.6) is 0 Å². The molecule has 0 aliphatic rings. The molecule has 0 heterocycles. The largest absolute Gasteiger partial charge is 0.329 e. The number of nitrogens with two attached hydrogens (primary N) is 2. The summed E-state index contributed by atoms with van der Waals surface area (Å²) in [6, 6.07) is 14.4. The molecule has 1 amide bonds. The molecule has 0 saturated carbocycles. The Hall–Kier alpha value is -1.97. The number of hydrogen-bond donors (Lipinski definition) is 3. The fourth-order valence-corrected chi connectivity index (χ4v) is 3.23. The van der Waals surface area contributed by atoms with Crippen LogP contribution in [-0.2, 0) is 21.2 Å². The topological polar surface area (TPSA) is 119 Å². The molecule has 9 heteroatoms. The molecule has 2 aromatic carbocycles. The first-order chi connectivity index (χ1) is 12.8. The van der Waals surface area contributed by atoms with Crippen molar-refractivity contribution in [1.82, 2.24) is 4.90 Å². The summed E-state index contributed by atoms with van der Waals surface area (Å²) >= 11 is 0. The lowest BCUT2D eigenvalue weighted by atomic mass is 10.1. The van der Waals surface area contributed by atoms with Crippen molar-refractivity contribution in [3.63, 3.8) is 0 Å². The van der Waals surface area contributed by atoms with E-state index < -0.39 is 10.0 Å². The molecule has 0 aliphatic carbocycles. The van der Waals surface area contributed by atoms with Crippen LogP contribution in [0.2, 0.25) is 0 Å². The third-order valence-corrected chi connectivity index (χ3v) is 5.09. The number of nitrogens with one attached hydrogen (secondary N) is 1. The molecule has 0 spiro atoms. The zero-order valence-electron chi connectivity index (χ0n) is 15.8. The average molecular weight is 427 g/mol. The van der Waals surface area contributed by atoms with Gasteiger partial charge in [-0.25, -0.2) is 13.6 Å². The zero-order valence-corrected chi connectivity index (χ0v) is 17.4. The van der Waals surface area contributed by atoms with Crippen LogP contribution in [0.15, 0.2) is 53.4 Å². The highest BCUT2D eigenvalue weighted by molar-refractivity contribution is 7.89. The lowest BCUT2D eigenvalue weighted by Gasteiger charge is -2.21. The number of aryl methyl sites for hydroxylation is 1. The Morgan fingerprint density at radius 2 is 1.79 bits per heavy atom. The highest BCUT2D eigenvalue weighted by atomic mass is 35.5. The second kappa shape index (κ2) is 11.1.